The second-order valence-corrected chi connectivity index (χ2v) is 5.65. The van der Waals surface area contributed by atoms with E-state index in [2.05, 4.69) is 11.8 Å². The second-order valence-electron chi connectivity index (χ2n) is 5.65. The van der Waals surface area contributed by atoms with Gasteiger partial charge in [0.05, 0.1) is 0 Å². The van der Waals surface area contributed by atoms with Crippen LogP contribution in [-0.4, -0.2) is 42.8 Å². The van der Waals surface area contributed by atoms with E-state index in [9.17, 15) is 20.4 Å². The van der Waals surface area contributed by atoms with E-state index in [0.29, 0.717) is 12.8 Å². The topological polar surface area (TPSA) is 80.9 Å². The van der Waals surface area contributed by atoms with Crippen LogP contribution in [0.1, 0.15) is 54.4 Å². The van der Waals surface area contributed by atoms with Crippen molar-refractivity contribution in [2.24, 2.45) is 0 Å². The Morgan fingerprint density at radius 3 is 1.06 bits per heavy atom. The van der Waals surface area contributed by atoms with Gasteiger partial charge in [-0.15, -0.1) is 0 Å². The van der Waals surface area contributed by atoms with E-state index in [1.807, 2.05) is 0 Å². The summed E-state index contributed by atoms with van der Waals surface area (Å²) < 4.78 is 0. The second kappa shape index (κ2) is 5.18. The van der Waals surface area contributed by atoms with Gasteiger partial charge in [0, 0.05) is 0 Å². The maximum atomic E-state index is 10.1. The molecule has 0 aliphatic rings. The van der Waals surface area contributed by atoms with Crippen LogP contribution in [0.15, 0.2) is 0 Å². The lowest BCUT2D eigenvalue weighted by Gasteiger charge is -2.36. The third-order valence-electron chi connectivity index (χ3n) is 4.02. The average molecular weight is 258 g/mol. The third kappa shape index (κ3) is 3.46. The molecule has 4 unspecified atom stereocenters. The Kier molecular flexibility index (Phi) is 5.01. The van der Waals surface area contributed by atoms with Crippen LogP contribution < -0.4 is 0 Å². The zero-order valence-electron chi connectivity index (χ0n) is 12.2. The first-order chi connectivity index (χ1) is 7.83. The molecule has 4 nitrogen and oxygen atoms in total. The Morgan fingerprint density at radius 2 is 0.889 bits per heavy atom. The molecule has 18 heavy (non-hydrogen) atoms. The molecule has 0 aromatic carbocycles. The van der Waals surface area contributed by atoms with E-state index in [1.54, 1.807) is 13.8 Å². The molecule has 4 N–H and O–H groups in total. The van der Waals surface area contributed by atoms with Crippen molar-refractivity contribution < 1.29 is 20.4 Å². The molecule has 0 aliphatic carbocycles. The van der Waals surface area contributed by atoms with E-state index in [4.69, 9.17) is 0 Å². The van der Waals surface area contributed by atoms with Crippen molar-refractivity contribution in [1.29, 1.82) is 0 Å². The Hall–Kier alpha value is -0.600. The summed E-state index contributed by atoms with van der Waals surface area (Å²) in [7, 11) is 0. The van der Waals surface area contributed by atoms with E-state index >= 15 is 0 Å². The highest BCUT2D eigenvalue weighted by atomic mass is 16.4. The van der Waals surface area contributed by atoms with E-state index in [1.165, 1.54) is 27.7 Å². The molecule has 0 heterocycles. The van der Waals surface area contributed by atoms with Gasteiger partial charge >= 0.3 is 0 Å². The van der Waals surface area contributed by atoms with Crippen molar-refractivity contribution in [3.05, 3.63) is 0 Å². The van der Waals surface area contributed by atoms with Gasteiger partial charge in [-0.3, -0.25) is 0 Å². The highest BCUT2D eigenvalue weighted by Crippen LogP contribution is 2.27. The first-order valence-corrected chi connectivity index (χ1v) is 6.27. The smallest absolute Gasteiger partial charge is 0.150 e. The van der Waals surface area contributed by atoms with Gasteiger partial charge in [-0.25, -0.2) is 0 Å². The van der Waals surface area contributed by atoms with Gasteiger partial charge in [-0.2, -0.15) is 0 Å². The first kappa shape index (κ1) is 17.4. The average Bonchev–Trinajstić information content (AvgIpc) is 2.26. The van der Waals surface area contributed by atoms with Crippen molar-refractivity contribution in [2.45, 2.75) is 76.8 Å². The fourth-order valence-corrected chi connectivity index (χ4v) is 1.20. The summed E-state index contributed by atoms with van der Waals surface area (Å²) in [5.74, 6) is 4.95. The molecule has 0 aromatic rings. The summed E-state index contributed by atoms with van der Waals surface area (Å²) in [6.07, 6.45) is 0.641. The molecule has 0 bridgehead atoms. The zero-order valence-corrected chi connectivity index (χ0v) is 12.2. The molecule has 0 saturated heterocycles. The molecule has 4 atom stereocenters. The maximum Gasteiger partial charge on any atom is 0.150 e. The Bertz CT molecular complexity index is 311. The fraction of sp³-hybridized carbons (Fsp3) is 0.857. The Morgan fingerprint density at radius 1 is 0.667 bits per heavy atom. The van der Waals surface area contributed by atoms with Crippen LogP contribution in [-0.2, 0) is 0 Å². The van der Waals surface area contributed by atoms with Gasteiger partial charge < -0.3 is 20.4 Å². The number of rotatable bonds is 4. The van der Waals surface area contributed by atoms with E-state index in [0.717, 1.165) is 0 Å². The van der Waals surface area contributed by atoms with E-state index in [-0.39, 0.29) is 0 Å². The molecule has 0 amide bonds. The molecular weight excluding hydrogens is 232 g/mol. The molecule has 106 valence electrons. The van der Waals surface area contributed by atoms with Crippen molar-refractivity contribution in [1.82, 2.24) is 0 Å². The predicted molar refractivity (Wildman–Crippen MR) is 70.9 cm³/mol. The lowest BCUT2D eigenvalue weighted by Crippen LogP contribution is -2.51. The molecule has 0 radical (unpaired) electrons. The highest BCUT2D eigenvalue weighted by Gasteiger charge is 2.42. The summed E-state index contributed by atoms with van der Waals surface area (Å²) in [5.41, 5.74) is -6.08. The van der Waals surface area contributed by atoms with Crippen LogP contribution in [0.2, 0.25) is 0 Å². The van der Waals surface area contributed by atoms with Crippen LogP contribution in [0.25, 0.3) is 0 Å². The molecule has 0 rings (SSSR count). The van der Waals surface area contributed by atoms with Gasteiger partial charge in [0.1, 0.15) is 11.2 Å². The standard InChI is InChI=1S/C14H26O4/c1-7-11(3,15)13(5,17)9-10-14(6,18)12(4,16)8-2/h15-18H,7-8H2,1-6H3. The summed E-state index contributed by atoms with van der Waals surface area (Å²) in [4.78, 5) is 0. The SMILES string of the molecule is CCC(C)(O)C(C)(O)C#CC(C)(O)C(C)(O)CC. The van der Waals surface area contributed by atoms with Gasteiger partial charge in [-0.05, 0) is 40.5 Å². The van der Waals surface area contributed by atoms with Crippen LogP contribution in [0.5, 0.6) is 0 Å². The van der Waals surface area contributed by atoms with Crippen LogP contribution in [0, 0.1) is 11.8 Å². The largest absolute Gasteiger partial charge is 0.386 e. The van der Waals surface area contributed by atoms with Crippen LogP contribution >= 0.6 is 0 Å². The highest BCUT2D eigenvalue weighted by molar-refractivity contribution is 5.26. The summed E-state index contributed by atoms with van der Waals surface area (Å²) in [6.45, 7) is 9.20. The molecule has 0 aromatic heterocycles. The minimum atomic E-state index is -1.66. The lowest BCUT2D eigenvalue weighted by atomic mass is 9.81. The molecule has 0 spiro atoms. The lowest BCUT2D eigenvalue weighted by molar-refractivity contribution is -0.103. The van der Waals surface area contributed by atoms with Gasteiger partial charge in [0.25, 0.3) is 0 Å². The van der Waals surface area contributed by atoms with Gasteiger partial charge in [0.2, 0.25) is 0 Å². The number of hydrogen-bond donors (Lipinski definition) is 4. The fourth-order valence-electron chi connectivity index (χ4n) is 1.20. The molecular formula is C14H26O4. The first-order valence-electron chi connectivity index (χ1n) is 6.27. The Labute approximate surface area is 110 Å². The number of aliphatic hydroxyl groups is 4. The number of hydrogen-bond acceptors (Lipinski definition) is 4. The maximum absolute atomic E-state index is 10.1. The monoisotopic (exact) mass is 258 g/mol. The van der Waals surface area contributed by atoms with Crippen molar-refractivity contribution >= 4 is 0 Å². The molecule has 0 fully saturated rings. The van der Waals surface area contributed by atoms with Crippen molar-refractivity contribution in [2.75, 3.05) is 0 Å². The van der Waals surface area contributed by atoms with Gasteiger partial charge in [-0.1, -0.05) is 25.7 Å². The summed E-state index contributed by atoms with van der Waals surface area (Å²) in [5, 5.41) is 40.3. The molecule has 0 aliphatic heterocycles. The molecule has 0 saturated carbocycles. The summed E-state index contributed by atoms with van der Waals surface area (Å²) >= 11 is 0. The Balaban J connectivity index is 5.31. The van der Waals surface area contributed by atoms with Crippen LogP contribution in [0.4, 0.5) is 0 Å². The third-order valence-corrected chi connectivity index (χ3v) is 4.02. The van der Waals surface area contributed by atoms with Crippen LogP contribution in [0.3, 0.4) is 0 Å². The minimum absolute atomic E-state index is 0.320. The minimum Gasteiger partial charge on any atom is -0.386 e. The normalized spacial score (nSPS) is 24.8. The van der Waals surface area contributed by atoms with Gasteiger partial charge in [0.15, 0.2) is 11.2 Å². The quantitative estimate of drug-likeness (QED) is 0.563. The van der Waals surface area contributed by atoms with Crippen molar-refractivity contribution in [3.8, 4) is 11.8 Å². The molecule has 4 heteroatoms. The van der Waals surface area contributed by atoms with Crippen molar-refractivity contribution in [3.63, 3.8) is 0 Å². The van der Waals surface area contributed by atoms with E-state index < -0.39 is 22.4 Å². The zero-order chi connectivity index (χ0) is 14.8. The summed E-state index contributed by atoms with van der Waals surface area (Å²) in [6, 6.07) is 0. The predicted octanol–water partition coefficient (Wildman–Crippen LogP) is 0.814.